The third-order valence-electron chi connectivity index (χ3n) is 4.42. The number of imidazole rings is 1. The van der Waals surface area contributed by atoms with Gasteiger partial charge in [-0.05, 0) is 49.2 Å². The Hall–Kier alpha value is -3.28. The average molecular weight is 364 g/mol. The van der Waals surface area contributed by atoms with Crippen LogP contribution in [0.3, 0.4) is 0 Å². The SMILES string of the molecule is Cc1nc2ccccc2n1CCCOC(=O)C=Cc1ccc2c(c1)OCO2. The molecule has 4 rings (SSSR count). The predicted octanol–water partition coefficient (Wildman–Crippen LogP) is 3.72. The van der Waals surface area contributed by atoms with Crippen LogP contribution in [0.4, 0.5) is 0 Å². The number of rotatable bonds is 6. The first-order valence-electron chi connectivity index (χ1n) is 8.87. The normalized spacial score (nSPS) is 12.8. The molecule has 27 heavy (non-hydrogen) atoms. The van der Waals surface area contributed by atoms with Crippen molar-refractivity contribution in [1.82, 2.24) is 9.55 Å². The van der Waals surface area contributed by atoms with Crippen LogP contribution < -0.4 is 9.47 Å². The van der Waals surface area contributed by atoms with E-state index in [0.29, 0.717) is 12.4 Å². The molecule has 0 unspecified atom stereocenters. The Balaban J connectivity index is 1.27. The van der Waals surface area contributed by atoms with Crippen molar-refractivity contribution in [2.24, 2.45) is 0 Å². The van der Waals surface area contributed by atoms with E-state index in [1.165, 1.54) is 6.08 Å². The van der Waals surface area contributed by atoms with Gasteiger partial charge in [-0.3, -0.25) is 0 Å². The number of hydrogen-bond acceptors (Lipinski definition) is 5. The summed E-state index contributed by atoms with van der Waals surface area (Å²) in [6.07, 6.45) is 3.86. The molecule has 0 aliphatic carbocycles. The van der Waals surface area contributed by atoms with E-state index >= 15 is 0 Å². The monoisotopic (exact) mass is 364 g/mol. The Bertz CT molecular complexity index is 1010. The Morgan fingerprint density at radius 1 is 1.22 bits per heavy atom. The van der Waals surface area contributed by atoms with Crippen molar-refractivity contribution in [1.29, 1.82) is 0 Å². The van der Waals surface area contributed by atoms with Gasteiger partial charge in [0.2, 0.25) is 6.79 Å². The molecule has 0 spiro atoms. The Kier molecular flexibility index (Phi) is 4.78. The fourth-order valence-corrected chi connectivity index (χ4v) is 3.10. The van der Waals surface area contributed by atoms with Gasteiger partial charge in [-0.1, -0.05) is 18.2 Å². The van der Waals surface area contributed by atoms with E-state index in [1.807, 2.05) is 43.3 Å². The first-order chi connectivity index (χ1) is 13.2. The first-order valence-corrected chi connectivity index (χ1v) is 8.87. The number of carbonyl (C=O) groups excluding carboxylic acids is 1. The lowest BCUT2D eigenvalue weighted by molar-refractivity contribution is -0.137. The van der Waals surface area contributed by atoms with Crippen LogP contribution in [0.15, 0.2) is 48.5 Å². The fourth-order valence-electron chi connectivity index (χ4n) is 3.10. The number of hydrogen-bond donors (Lipinski definition) is 0. The molecule has 1 aliphatic heterocycles. The van der Waals surface area contributed by atoms with Gasteiger partial charge in [-0.15, -0.1) is 0 Å². The molecule has 0 fully saturated rings. The summed E-state index contributed by atoms with van der Waals surface area (Å²) in [7, 11) is 0. The molecule has 1 aromatic heterocycles. The number of nitrogens with zero attached hydrogens (tertiary/aromatic N) is 2. The molecule has 3 aromatic rings. The Morgan fingerprint density at radius 3 is 3.00 bits per heavy atom. The first kappa shape index (κ1) is 17.1. The van der Waals surface area contributed by atoms with Crippen LogP contribution in [-0.2, 0) is 16.1 Å². The van der Waals surface area contributed by atoms with Gasteiger partial charge in [0.1, 0.15) is 5.82 Å². The molecule has 0 bridgehead atoms. The Morgan fingerprint density at radius 2 is 2.07 bits per heavy atom. The molecule has 0 N–H and O–H groups in total. The zero-order chi connectivity index (χ0) is 18.6. The number of carbonyl (C=O) groups is 1. The molecule has 6 nitrogen and oxygen atoms in total. The van der Waals surface area contributed by atoms with Crippen LogP contribution in [0.2, 0.25) is 0 Å². The highest BCUT2D eigenvalue weighted by Gasteiger charge is 2.12. The number of esters is 1. The van der Waals surface area contributed by atoms with Gasteiger partial charge in [0.25, 0.3) is 0 Å². The molecule has 0 amide bonds. The van der Waals surface area contributed by atoms with Crippen LogP contribution in [-0.4, -0.2) is 28.9 Å². The van der Waals surface area contributed by atoms with Crippen LogP contribution in [0.25, 0.3) is 17.1 Å². The van der Waals surface area contributed by atoms with E-state index in [9.17, 15) is 4.79 Å². The largest absolute Gasteiger partial charge is 0.462 e. The maximum absolute atomic E-state index is 11.9. The lowest BCUT2D eigenvalue weighted by Gasteiger charge is -2.07. The number of aryl methyl sites for hydroxylation is 2. The summed E-state index contributed by atoms with van der Waals surface area (Å²) < 4.78 is 18.0. The van der Waals surface area contributed by atoms with E-state index in [4.69, 9.17) is 14.2 Å². The van der Waals surface area contributed by atoms with Crippen molar-refractivity contribution < 1.29 is 19.0 Å². The standard InChI is InChI=1S/C21H20N2O4/c1-15-22-17-5-2-3-6-18(17)23(15)11-4-12-25-21(24)10-8-16-7-9-19-20(13-16)27-14-26-19/h2-3,5-10,13H,4,11-12,14H2,1H3. The smallest absolute Gasteiger partial charge is 0.330 e. The average Bonchev–Trinajstić information content (AvgIpc) is 3.27. The number of benzene rings is 2. The number of ether oxygens (including phenoxy) is 3. The summed E-state index contributed by atoms with van der Waals surface area (Å²) in [5.74, 6) is 2.01. The summed E-state index contributed by atoms with van der Waals surface area (Å²) in [4.78, 5) is 16.4. The molecule has 6 heteroatoms. The van der Waals surface area contributed by atoms with E-state index < -0.39 is 0 Å². The fraction of sp³-hybridized carbons (Fsp3) is 0.238. The summed E-state index contributed by atoms with van der Waals surface area (Å²) in [6, 6.07) is 13.6. The lowest BCUT2D eigenvalue weighted by Crippen LogP contribution is -2.07. The van der Waals surface area contributed by atoms with Crippen molar-refractivity contribution in [3.8, 4) is 11.5 Å². The van der Waals surface area contributed by atoms with E-state index in [2.05, 4.69) is 15.6 Å². The van der Waals surface area contributed by atoms with Gasteiger partial charge in [-0.25, -0.2) is 9.78 Å². The van der Waals surface area contributed by atoms with Gasteiger partial charge >= 0.3 is 5.97 Å². The van der Waals surface area contributed by atoms with Gasteiger partial charge in [0.15, 0.2) is 11.5 Å². The molecule has 1 aliphatic rings. The van der Waals surface area contributed by atoms with Crippen LogP contribution in [0.1, 0.15) is 17.8 Å². The highest BCUT2D eigenvalue weighted by Crippen LogP contribution is 2.32. The molecular formula is C21H20N2O4. The lowest BCUT2D eigenvalue weighted by atomic mass is 10.2. The van der Waals surface area contributed by atoms with Crippen molar-refractivity contribution in [3.05, 3.63) is 59.9 Å². The summed E-state index contributed by atoms with van der Waals surface area (Å²) in [5.41, 5.74) is 2.94. The predicted molar refractivity (Wildman–Crippen MR) is 102 cm³/mol. The summed E-state index contributed by atoms with van der Waals surface area (Å²) >= 11 is 0. The van der Waals surface area contributed by atoms with Crippen LogP contribution in [0.5, 0.6) is 11.5 Å². The molecule has 138 valence electrons. The van der Waals surface area contributed by atoms with E-state index in [-0.39, 0.29) is 12.8 Å². The van der Waals surface area contributed by atoms with Gasteiger partial charge in [-0.2, -0.15) is 0 Å². The second-order valence-corrected chi connectivity index (χ2v) is 6.27. The Labute approximate surface area is 157 Å². The number of aromatic nitrogens is 2. The minimum atomic E-state index is -0.361. The van der Waals surface area contributed by atoms with Crippen molar-refractivity contribution in [2.45, 2.75) is 19.9 Å². The van der Waals surface area contributed by atoms with Crippen LogP contribution >= 0.6 is 0 Å². The van der Waals surface area contributed by atoms with E-state index in [1.54, 1.807) is 6.08 Å². The topological polar surface area (TPSA) is 62.6 Å². The van der Waals surface area contributed by atoms with Crippen molar-refractivity contribution in [3.63, 3.8) is 0 Å². The third kappa shape index (κ3) is 3.79. The van der Waals surface area contributed by atoms with Crippen LogP contribution in [0, 0.1) is 6.92 Å². The van der Waals surface area contributed by atoms with Crippen molar-refractivity contribution >= 4 is 23.1 Å². The third-order valence-corrected chi connectivity index (χ3v) is 4.42. The number of para-hydroxylation sites is 2. The molecule has 0 atom stereocenters. The van der Waals surface area contributed by atoms with Gasteiger partial charge < -0.3 is 18.8 Å². The second kappa shape index (κ2) is 7.53. The highest BCUT2D eigenvalue weighted by molar-refractivity contribution is 5.87. The van der Waals surface area contributed by atoms with Gasteiger partial charge in [0, 0.05) is 12.6 Å². The van der Waals surface area contributed by atoms with Gasteiger partial charge in [0.05, 0.1) is 17.6 Å². The maximum Gasteiger partial charge on any atom is 0.330 e. The second-order valence-electron chi connectivity index (χ2n) is 6.27. The molecule has 0 saturated heterocycles. The quantitative estimate of drug-likeness (QED) is 0.379. The summed E-state index contributed by atoms with van der Waals surface area (Å²) in [6.45, 7) is 3.33. The van der Waals surface area contributed by atoms with Crippen molar-refractivity contribution in [2.75, 3.05) is 13.4 Å². The highest BCUT2D eigenvalue weighted by atomic mass is 16.7. The molecular weight excluding hydrogens is 344 g/mol. The molecule has 2 heterocycles. The molecule has 0 radical (unpaired) electrons. The molecule has 2 aromatic carbocycles. The minimum absolute atomic E-state index is 0.232. The summed E-state index contributed by atoms with van der Waals surface area (Å²) in [5, 5.41) is 0. The zero-order valence-electron chi connectivity index (χ0n) is 15.1. The molecule has 0 saturated carbocycles. The maximum atomic E-state index is 11.9. The zero-order valence-corrected chi connectivity index (χ0v) is 15.1. The van der Waals surface area contributed by atoms with E-state index in [0.717, 1.165) is 41.1 Å². The minimum Gasteiger partial charge on any atom is -0.462 e. The number of fused-ring (bicyclic) bond motifs is 2.